The molecule has 0 aliphatic heterocycles. The van der Waals surface area contributed by atoms with E-state index in [1.165, 1.54) is 0 Å². The van der Waals surface area contributed by atoms with Crippen LogP contribution in [-0.4, -0.2) is 16.4 Å². The standard InChI is InChI=1S/C7H5F2NO2/c8-7(9)6-4(3-11)1-5(12)2-10-6/h1-3,7,12H. The number of nitrogens with zero attached hydrogens (tertiary/aromatic N) is 1. The summed E-state index contributed by atoms with van der Waals surface area (Å²) in [6.45, 7) is 0. The van der Waals surface area contributed by atoms with Crippen LogP contribution in [0.2, 0.25) is 0 Å². The van der Waals surface area contributed by atoms with Crippen LogP contribution in [0.4, 0.5) is 8.78 Å². The van der Waals surface area contributed by atoms with Crippen molar-refractivity contribution in [2.24, 2.45) is 0 Å². The number of halogens is 2. The first-order chi connectivity index (χ1) is 5.65. The van der Waals surface area contributed by atoms with Gasteiger partial charge in [0.05, 0.1) is 6.20 Å². The number of rotatable bonds is 2. The van der Waals surface area contributed by atoms with Crippen LogP contribution < -0.4 is 0 Å². The van der Waals surface area contributed by atoms with Gasteiger partial charge in [0.2, 0.25) is 0 Å². The third-order valence-corrected chi connectivity index (χ3v) is 1.27. The van der Waals surface area contributed by atoms with Crippen molar-refractivity contribution < 1.29 is 18.7 Å². The maximum absolute atomic E-state index is 12.0. The summed E-state index contributed by atoms with van der Waals surface area (Å²) in [7, 11) is 0. The van der Waals surface area contributed by atoms with Gasteiger partial charge in [-0.3, -0.25) is 9.78 Å². The molecule has 0 bridgehead atoms. The summed E-state index contributed by atoms with van der Waals surface area (Å²) >= 11 is 0. The Morgan fingerprint density at radius 2 is 2.25 bits per heavy atom. The Kier molecular flexibility index (Phi) is 2.32. The number of carbonyl (C=O) groups is 1. The van der Waals surface area contributed by atoms with Gasteiger partial charge in [-0.25, -0.2) is 8.78 Å². The van der Waals surface area contributed by atoms with Gasteiger partial charge in [0.1, 0.15) is 11.4 Å². The molecule has 0 spiro atoms. The predicted octanol–water partition coefficient (Wildman–Crippen LogP) is 1.54. The molecule has 1 N–H and O–H groups in total. The quantitative estimate of drug-likeness (QED) is 0.690. The van der Waals surface area contributed by atoms with E-state index in [0.717, 1.165) is 12.3 Å². The normalized spacial score (nSPS) is 10.2. The zero-order valence-corrected chi connectivity index (χ0v) is 5.87. The molecule has 0 unspecified atom stereocenters. The van der Waals surface area contributed by atoms with Crippen LogP contribution in [0.3, 0.4) is 0 Å². The second kappa shape index (κ2) is 3.25. The Balaban J connectivity index is 3.20. The molecule has 12 heavy (non-hydrogen) atoms. The summed E-state index contributed by atoms with van der Waals surface area (Å²) < 4.78 is 24.1. The maximum Gasteiger partial charge on any atom is 0.281 e. The van der Waals surface area contributed by atoms with Crippen molar-refractivity contribution >= 4 is 6.29 Å². The number of aldehydes is 1. The molecule has 0 saturated carbocycles. The Labute approximate surface area is 66.7 Å². The molecule has 0 aromatic carbocycles. The number of hydrogen-bond donors (Lipinski definition) is 1. The highest BCUT2D eigenvalue weighted by Crippen LogP contribution is 2.21. The summed E-state index contributed by atoms with van der Waals surface area (Å²) in [5, 5.41) is 8.78. The molecule has 5 heteroatoms. The second-order valence-electron chi connectivity index (χ2n) is 2.09. The maximum atomic E-state index is 12.0. The molecule has 0 atom stereocenters. The Morgan fingerprint density at radius 1 is 1.58 bits per heavy atom. The number of aromatic nitrogens is 1. The molecule has 0 radical (unpaired) electrons. The van der Waals surface area contributed by atoms with Gasteiger partial charge in [0.15, 0.2) is 6.29 Å². The van der Waals surface area contributed by atoms with Crippen LogP contribution in [0.1, 0.15) is 22.5 Å². The molecule has 3 nitrogen and oxygen atoms in total. The average molecular weight is 173 g/mol. The molecule has 0 aliphatic rings. The van der Waals surface area contributed by atoms with E-state index in [9.17, 15) is 13.6 Å². The SMILES string of the molecule is O=Cc1cc(O)cnc1C(F)F. The summed E-state index contributed by atoms with van der Waals surface area (Å²) in [6.07, 6.45) is -1.70. The molecule has 1 aromatic heterocycles. The van der Waals surface area contributed by atoms with E-state index >= 15 is 0 Å². The number of carbonyl (C=O) groups excluding carboxylic acids is 1. The lowest BCUT2D eigenvalue weighted by Gasteiger charge is -2.01. The third kappa shape index (κ3) is 1.55. The Hall–Kier alpha value is -1.52. The third-order valence-electron chi connectivity index (χ3n) is 1.27. The second-order valence-corrected chi connectivity index (χ2v) is 2.09. The smallest absolute Gasteiger partial charge is 0.281 e. The van der Waals surface area contributed by atoms with Crippen LogP contribution in [0.5, 0.6) is 5.75 Å². The van der Waals surface area contributed by atoms with E-state index in [-0.39, 0.29) is 17.6 Å². The molecule has 0 amide bonds. The van der Waals surface area contributed by atoms with Crippen LogP contribution in [0, 0.1) is 0 Å². The highest BCUT2D eigenvalue weighted by molar-refractivity contribution is 5.77. The first-order valence-electron chi connectivity index (χ1n) is 3.07. The van der Waals surface area contributed by atoms with Gasteiger partial charge in [0, 0.05) is 5.56 Å². The van der Waals surface area contributed by atoms with E-state index in [1.54, 1.807) is 0 Å². The van der Waals surface area contributed by atoms with Crippen LogP contribution in [-0.2, 0) is 0 Å². The van der Waals surface area contributed by atoms with E-state index < -0.39 is 12.1 Å². The summed E-state index contributed by atoms with van der Waals surface area (Å²) in [5.41, 5.74) is -0.896. The van der Waals surface area contributed by atoms with Crippen molar-refractivity contribution in [3.63, 3.8) is 0 Å². The Morgan fingerprint density at radius 3 is 2.75 bits per heavy atom. The monoisotopic (exact) mass is 173 g/mol. The van der Waals surface area contributed by atoms with Gasteiger partial charge >= 0.3 is 0 Å². The van der Waals surface area contributed by atoms with E-state index in [0.29, 0.717) is 0 Å². The van der Waals surface area contributed by atoms with Crippen LogP contribution in [0.15, 0.2) is 12.3 Å². The first kappa shape index (κ1) is 8.58. The molecule has 0 fully saturated rings. The largest absolute Gasteiger partial charge is 0.506 e. The zero-order chi connectivity index (χ0) is 9.14. The molecular formula is C7H5F2NO2. The minimum atomic E-state index is -2.80. The zero-order valence-electron chi connectivity index (χ0n) is 5.87. The van der Waals surface area contributed by atoms with Gasteiger partial charge < -0.3 is 5.11 Å². The lowest BCUT2D eigenvalue weighted by molar-refractivity contribution is 0.110. The number of aromatic hydroxyl groups is 1. The fourth-order valence-corrected chi connectivity index (χ4v) is 0.757. The molecule has 0 saturated heterocycles. The number of pyridine rings is 1. The van der Waals surface area contributed by atoms with E-state index in [1.807, 2.05) is 0 Å². The van der Waals surface area contributed by atoms with Gasteiger partial charge in [-0.15, -0.1) is 0 Å². The molecule has 64 valence electrons. The summed E-state index contributed by atoms with van der Waals surface area (Å²) in [5.74, 6) is -0.304. The fourth-order valence-electron chi connectivity index (χ4n) is 0.757. The van der Waals surface area contributed by atoms with Crippen LogP contribution in [0.25, 0.3) is 0 Å². The van der Waals surface area contributed by atoms with Crippen molar-refractivity contribution in [1.29, 1.82) is 0 Å². The van der Waals surface area contributed by atoms with E-state index in [4.69, 9.17) is 5.11 Å². The summed E-state index contributed by atoms with van der Waals surface area (Å²) in [6, 6.07) is 0.946. The lowest BCUT2D eigenvalue weighted by atomic mass is 10.2. The van der Waals surface area contributed by atoms with Crippen molar-refractivity contribution in [2.45, 2.75) is 6.43 Å². The Bertz CT molecular complexity index is 301. The molecule has 0 aliphatic carbocycles. The van der Waals surface area contributed by atoms with Crippen molar-refractivity contribution in [3.05, 3.63) is 23.5 Å². The van der Waals surface area contributed by atoms with Gasteiger partial charge in [-0.05, 0) is 6.07 Å². The molecule has 1 rings (SSSR count). The molecular weight excluding hydrogens is 168 g/mol. The van der Waals surface area contributed by atoms with Gasteiger partial charge in [0.25, 0.3) is 6.43 Å². The first-order valence-corrected chi connectivity index (χ1v) is 3.07. The highest BCUT2D eigenvalue weighted by Gasteiger charge is 2.14. The van der Waals surface area contributed by atoms with E-state index in [2.05, 4.69) is 4.98 Å². The number of hydrogen-bond acceptors (Lipinski definition) is 3. The summed E-state index contributed by atoms with van der Waals surface area (Å²) in [4.78, 5) is 13.4. The van der Waals surface area contributed by atoms with Gasteiger partial charge in [-0.2, -0.15) is 0 Å². The average Bonchev–Trinajstić information content (AvgIpc) is 2.03. The van der Waals surface area contributed by atoms with Crippen LogP contribution >= 0.6 is 0 Å². The van der Waals surface area contributed by atoms with Crippen molar-refractivity contribution in [1.82, 2.24) is 4.98 Å². The fraction of sp³-hybridized carbons (Fsp3) is 0.143. The lowest BCUT2D eigenvalue weighted by Crippen LogP contribution is -1.96. The predicted molar refractivity (Wildman–Crippen MR) is 36.2 cm³/mol. The molecule has 1 heterocycles. The molecule has 1 aromatic rings. The number of alkyl halides is 2. The minimum absolute atomic E-state index is 0.230. The minimum Gasteiger partial charge on any atom is -0.506 e. The van der Waals surface area contributed by atoms with Crippen molar-refractivity contribution in [2.75, 3.05) is 0 Å². The van der Waals surface area contributed by atoms with Gasteiger partial charge in [-0.1, -0.05) is 0 Å². The van der Waals surface area contributed by atoms with Crippen molar-refractivity contribution in [3.8, 4) is 5.75 Å². The highest BCUT2D eigenvalue weighted by atomic mass is 19.3. The topological polar surface area (TPSA) is 50.2 Å².